The summed E-state index contributed by atoms with van der Waals surface area (Å²) in [5.41, 5.74) is 6.04. The second-order valence-electron chi connectivity index (χ2n) is 3.91. The molecule has 0 saturated heterocycles. The van der Waals surface area contributed by atoms with Crippen LogP contribution in [-0.4, -0.2) is 12.5 Å². The number of primary amides is 1. The Morgan fingerprint density at radius 1 is 1.59 bits per heavy atom. The molecule has 1 rings (SSSR count). The van der Waals surface area contributed by atoms with Crippen LogP contribution in [0.25, 0.3) is 0 Å². The maximum Gasteiger partial charge on any atom is 0.217 e. The maximum atomic E-state index is 12.9. The van der Waals surface area contributed by atoms with Gasteiger partial charge in [0.2, 0.25) is 5.91 Å². The molecule has 0 heterocycles. The van der Waals surface area contributed by atoms with Crippen molar-refractivity contribution in [3.63, 3.8) is 0 Å². The molecule has 1 atom stereocenters. The van der Waals surface area contributed by atoms with Crippen molar-refractivity contribution < 1.29 is 9.18 Å². The molecule has 3 N–H and O–H groups in total. The Morgan fingerprint density at radius 3 is 2.88 bits per heavy atom. The van der Waals surface area contributed by atoms with Crippen LogP contribution in [0.4, 0.5) is 4.39 Å². The lowest BCUT2D eigenvalue weighted by atomic mass is 10.1. The minimum atomic E-state index is -0.289. The minimum absolute atomic E-state index is 0.0952. The number of nitrogens with one attached hydrogen (secondary N) is 1. The van der Waals surface area contributed by atoms with E-state index in [0.717, 1.165) is 10.0 Å². The highest BCUT2D eigenvalue weighted by Crippen LogP contribution is 2.24. The molecule has 5 heteroatoms. The van der Waals surface area contributed by atoms with Gasteiger partial charge in [-0.2, -0.15) is 0 Å². The zero-order valence-electron chi connectivity index (χ0n) is 9.67. The lowest BCUT2D eigenvalue weighted by Gasteiger charge is -2.15. The lowest BCUT2D eigenvalue weighted by Crippen LogP contribution is -2.22. The molecule has 0 aliphatic carbocycles. The molecule has 0 radical (unpaired) electrons. The van der Waals surface area contributed by atoms with E-state index in [4.69, 9.17) is 5.73 Å². The van der Waals surface area contributed by atoms with E-state index in [1.807, 2.05) is 6.92 Å². The first-order valence-electron chi connectivity index (χ1n) is 5.47. The summed E-state index contributed by atoms with van der Waals surface area (Å²) in [4.78, 5) is 10.6. The quantitative estimate of drug-likeness (QED) is 0.793. The number of hydrogen-bond acceptors (Lipinski definition) is 2. The predicted octanol–water partition coefficient (Wildman–Crippen LogP) is 2.50. The van der Waals surface area contributed by atoms with Crippen LogP contribution in [0.3, 0.4) is 0 Å². The molecule has 1 aromatic carbocycles. The van der Waals surface area contributed by atoms with Gasteiger partial charge in [0.15, 0.2) is 0 Å². The number of carbonyl (C=O) groups is 1. The van der Waals surface area contributed by atoms with Crippen LogP contribution < -0.4 is 11.1 Å². The normalized spacial score (nSPS) is 12.4. The predicted molar refractivity (Wildman–Crippen MR) is 68.9 cm³/mol. The van der Waals surface area contributed by atoms with Crippen molar-refractivity contribution in [3.05, 3.63) is 34.1 Å². The molecule has 0 spiro atoms. The zero-order valence-corrected chi connectivity index (χ0v) is 11.3. The highest BCUT2D eigenvalue weighted by molar-refractivity contribution is 9.10. The summed E-state index contributed by atoms with van der Waals surface area (Å²) in [7, 11) is 0. The summed E-state index contributed by atoms with van der Waals surface area (Å²) < 4.78 is 13.6. The van der Waals surface area contributed by atoms with Crippen molar-refractivity contribution in [2.75, 3.05) is 6.54 Å². The topological polar surface area (TPSA) is 55.1 Å². The molecule has 1 aromatic rings. The molecule has 1 unspecified atom stereocenters. The fraction of sp³-hybridized carbons (Fsp3) is 0.417. The van der Waals surface area contributed by atoms with Crippen LogP contribution in [0.5, 0.6) is 0 Å². The van der Waals surface area contributed by atoms with E-state index in [1.165, 1.54) is 12.1 Å². The first-order chi connectivity index (χ1) is 8.00. The van der Waals surface area contributed by atoms with Gasteiger partial charge in [-0.1, -0.05) is 22.0 Å². The van der Waals surface area contributed by atoms with Crippen molar-refractivity contribution >= 4 is 21.8 Å². The monoisotopic (exact) mass is 302 g/mol. The average Bonchev–Trinajstić information content (AvgIpc) is 2.23. The fourth-order valence-electron chi connectivity index (χ4n) is 1.54. The Hall–Kier alpha value is -0.940. The summed E-state index contributed by atoms with van der Waals surface area (Å²) in [6, 6.07) is 4.71. The maximum absolute atomic E-state index is 12.9. The molecule has 0 aromatic heterocycles. The van der Waals surface area contributed by atoms with E-state index in [0.29, 0.717) is 19.4 Å². The number of amides is 1. The summed E-state index contributed by atoms with van der Waals surface area (Å²) in [6.07, 6.45) is 1.09. The van der Waals surface area contributed by atoms with Gasteiger partial charge in [0.1, 0.15) is 5.82 Å². The Labute approximate surface area is 109 Å². The Balaban J connectivity index is 2.46. The number of benzene rings is 1. The average molecular weight is 303 g/mol. The molecular formula is C12H16BrFN2O. The van der Waals surface area contributed by atoms with E-state index < -0.39 is 0 Å². The molecule has 17 heavy (non-hydrogen) atoms. The van der Waals surface area contributed by atoms with Gasteiger partial charge in [-0.3, -0.25) is 4.79 Å². The molecule has 0 fully saturated rings. The van der Waals surface area contributed by atoms with Gasteiger partial charge in [0.05, 0.1) is 0 Å². The highest BCUT2D eigenvalue weighted by Gasteiger charge is 2.09. The van der Waals surface area contributed by atoms with Crippen molar-refractivity contribution in [1.82, 2.24) is 5.32 Å². The SMILES string of the molecule is CC(NCCCC(N)=O)c1ccc(F)cc1Br. The lowest BCUT2D eigenvalue weighted by molar-refractivity contribution is -0.118. The minimum Gasteiger partial charge on any atom is -0.370 e. The second kappa shape index (κ2) is 6.71. The third-order valence-corrected chi connectivity index (χ3v) is 3.17. The Kier molecular flexibility index (Phi) is 5.58. The zero-order chi connectivity index (χ0) is 12.8. The third kappa shape index (κ3) is 4.83. The number of halogens is 2. The first-order valence-corrected chi connectivity index (χ1v) is 6.26. The van der Waals surface area contributed by atoms with Crippen molar-refractivity contribution in [2.45, 2.75) is 25.8 Å². The van der Waals surface area contributed by atoms with Gasteiger partial charge >= 0.3 is 0 Å². The van der Waals surface area contributed by atoms with Crippen LogP contribution in [0.1, 0.15) is 31.4 Å². The van der Waals surface area contributed by atoms with Gasteiger partial charge in [-0.25, -0.2) is 4.39 Å². The molecule has 0 aliphatic rings. The molecule has 3 nitrogen and oxygen atoms in total. The number of carbonyl (C=O) groups excluding carboxylic acids is 1. The summed E-state index contributed by atoms with van der Waals surface area (Å²) in [5.74, 6) is -0.552. The summed E-state index contributed by atoms with van der Waals surface area (Å²) >= 11 is 3.33. The van der Waals surface area contributed by atoms with Crippen LogP contribution in [0.2, 0.25) is 0 Å². The van der Waals surface area contributed by atoms with E-state index in [1.54, 1.807) is 6.07 Å². The van der Waals surface area contributed by atoms with E-state index in [2.05, 4.69) is 21.2 Å². The van der Waals surface area contributed by atoms with Gasteiger partial charge in [0, 0.05) is 16.9 Å². The fourth-order valence-corrected chi connectivity index (χ4v) is 2.24. The third-order valence-electron chi connectivity index (χ3n) is 2.48. The summed E-state index contributed by atoms with van der Waals surface area (Å²) in [6.45, 7) is 2.69. The van der Waals surface area contributed by atoms with E-state index in [9.17, 15) is 9.18 Å². The standard InChI is InChI=1S/C12H16BrFN2O/c1-8(16-6-2-3-12(15)17)10-5-4-9(14)7-11(10)13/h4-5,7-8,16H,2-3,6H2,1H3,(H2,15,17). The van der Waals surface area contributed by atoms with Gasteiger partial charge in [-0.15, -0.1) is 0 Å². The first kappa shape index (κ1) is 14.1. The molecule has 0 bridgehead atoms. The van der Waals surface area contributed by atoms with Crippen molar-refractivity contribution in [2.24, 2.45) is 5.73 Å². The highest BCUT2D eigenvalue weighted by atomic mass is 79.9. The number of nitrogens with two attached hydrogens (primary N) is 1. The van der Waals surface area contributed by atoms with E-state index in [-0.39, 0.29) is 17.8 Å². The molecule has 1 amide bonds. The second-order valence-corrected chi connectivity index (χ2v) is 4.77. The van der Waals surface area contributed by atoms with Gasteiger partial charge in [0.25, 0.3) is 0 Å². The number of hydrogen-bond donors (Lipinski definition) is 2. The summed E-state index contributed by atoms with van der Waals surface area (Å²) in [5, 5.41) is 3.25. The molecule has 94 valence electrons. The van der Waals surface area contributed by atoms with Crippen LogP contribution >= 0.6 is 15.9 Å². The smallest absolute Gasteiger partial charge is 0.217 e. The van der Waals surface area contributed by atoms with Crippen molar-refractivity contribution in [1.29, 1.82) is 0 Å². The largest absolute Gasteiger partial charge is 0.370 e. The Bertz CT molecular complexity index is 398. The molecular weight excluding hydrogens is 287 g/mol. The number of rotatable bonds is 6. The van der Waals surface area contributed by atoms with Gasteiger partial charge in [-0.05, 0) is 37.6 Å². The van der Waals surface area contributed by atoms with E-state index >= 15 is 0 Å². The molecule has 0 aliphatic heterocycles. The van der Waals surface area contributed by atoms with Crippen molar-refractivity contribution in [3.8, 4) is 0 Å². The van der Waals surface area contributed by atoms with Crippen LogP contribution in [-0.2, 0) is 4.79 Å². The van der Waals surface area contributed by atoms with Gasteiger partial charge < -0.3 is 11.1 Å². The van der Waals surface area contributed by atoms with Crippen LogP contribution in [0.15, 0.2) is 22.7 Å². The Morgan fingerprint density at radius 2 is 2.29 bits per heavy atom. The van der Waals surface area contributed by atoms with Crippen LogP contribution in [0, 0.1) is 5.82 Å². The molecule has 0 saturated carbocycles.